The van der Waals surface area contributed by atoms with Crippen molar-refractivity contribution in [1.82, 2.24) is 4.98 Å². The highest BCUT2D eigenvalue weighted by Crippen LogP contribution is 2.30. The fourth-order valence-corrected chi connectivity index (χ4v) is 1.74. The number of hydrogen-bond acceptors (Lipinski definition) is 1. The monoisotopic (exact) mass is 273 g/mol. The third kappa shape index (κ3) is 2.73. The van der Waals surface area contributed by atoms with Crippen molar-refractivity contribution < 1.29 is 13.2 Å². The maximum Gasteiger partial charge on any atom is 0.416 e. The third-order valence-electron chi connectivity index (χ3n) is 2.36. The summed E-state index contributed by atoms with van der Waals surface area (Å²) in [5, 5.41) is 0.136. The van der Waals surface area contributed by atoms with Crippen molar-refractivity contribution >= 4 is 11.6 Å². The summed E-state index contributed by atoms with van der Waals surface area (Å²) in [6, 6.07) is 7.27. The normalized spacial score (nSPS) is 11.6. The highest BCUT2D eigenvalue weighted by molar-refractivity contribution is 6.29. The van der Waals surface area contributed by atoms with E-state index in [0.717, 1.165) is 12.1 Å². The molecule has 1 N–H and O–H groups in total. The molecular formula is C12H7ClF3NO. The largest absolute Gasteiger partial charge is 0.416 e. The topological polar surface area (TPSA) is 32.9 Å². The lowest BCUT2D eigenvalue weighted by Crippen LogP contribution is -2.05. The summed E-state index contributed by atoms with van der Waals surface area (Å²) in [5.41, 5.74) is -0.173. The second kappa shape index (κ2) is 4.49. The van der Waals surface area contributed by atoms with E-state index in [9.17, 15) is 18.0 Å². The van der Waals surface area contributed by atoms with E-state index in [4.69, 9.17) is 11.6 Å². The second-order valence-electron chi connectivity index (χ2n) is 3.66. The molecule has 2 nitrogen and oxygen atoms in total. The lowest BCUT2D eigenvalue weighted by molar-refractivity contribution is -0.137. The Hall–Kier alpha value is -1.75. The van der Waals surface area contributed by atoms with Gasteiger partial charge in [0.1, 0.15) is 5.15 Å². The van der Waals surface area contributed by atoms with E-state index in [-0.39, 0.29) is 5.15 Å². The van der Waals surface area contributed by atoms with Crippen molar-refractivity contribution in [2.24, 2.45) is 0 Å². The number of H-pyrrole nitrogens is 1. The van der Waals surface area contributed by atoms with E-state index in [1.807, 2.05) is 0 Å². The Morgan fingerprint density at radius 3 is 2.11 bits per heavy atom. The Bertz CT molecular complexity index is 616. The molecule has 0 aliphatic carbocycles. The van der Waals surface area contributed by atoms with Crippen molar-refractivity contribution in [3.8, 4) is 11.1 Å². The number of pyridine rings is 1. The molecule has 1 aromatic heterocycles. The van der Waals surface area contributed by atoms with Gasteiger partial charge in [0.25, 0.3) is 0 Å². The van der Waals surface area contributed by atoms with Crippen LogP contribution in [0.1, 0.15) is 5.56 Å². The smallest absolute Gasteiger partial charge is 0.313 e. The Balaban J connectivity index is 2.43. The van der Waals surface area contributed by atoms with Gasteiger partial charge in [-0.1, -0.05) is 23.7 Å². The SMILES string of the molecule is O=c1cc(-c2ccc(C(F)(F)F)cc2)cc(Cl)[nH]1. The van der Waals surface area contributed by atoms with Crippen LogP contribution in [0.2, 0.25) is 5.15 Å². The molecule has 0 bridgehead atoms. The summed E-state index contributed by atoms with van der Waals surface area (Å²) >= 11 is 5.67. The zero-order chi connectivity index (χ0) is 13.3. The Morgan fingerprint density at radius 1 is 1.00 bits per heavy atom. The predicted molar refractivity (Wildman–Crippen MR) is 62.5 cm³/mol. The maximum absolute atomic E-state index is 12.4. The summed E-state index contributed by atoms with van der Waals surface area (Å²) < 4.78 is 37.1. The molecule has 2 aromatic rings. The summed E-state index contributed by atoms with van der Waals surface area (Å²) in [6.07, 6.45) is -4.37. The van der Waals surface area contributed by atoms with Crippen LogP contribution in [0.15, 0.2) is 41.2 Å². The quantitative estimate of drug-likeness (QED) is 0.789. The van der Waals surface area contributed by atoms with Gasteiger partial charge < -0.3 is 4.98 Å². The van der Waals surface area contributed by atoms with Crippen molar-refractivity contribution in [3.05, 3.63) is 57.5 Å². The Morgan fingerprint density at radius 2 is 1.61 bits per heavy atom. The van der Waals surface area contributed by atoms with Crippen LogP contribution in [-0.2, 0) is 6.18 Å². The number of benzene rings is 1. The van der Waals surface area contributed by atoms with Gasteiger partial charge in [-0.25, -0.2) is 0 Å². The van der Waals surface area contributed by atoms with Crippen molar-refractivity contribution in [2.45, 2.75) is 6.18 Å². The van der Waals surface area contributed by atoms with E-state index in [0.29, 0.717) is 11.1 Å². The molecule has 0 unspecified atom stereocenters. The molecule has 0 radical (unpaired) electrons. The molecule has 2 rings (SSSR count). The van der Waals surface area contributed by atoms with Crippen LogP contribution in [0.4, 0.5) is 13.2 Å². The minimum atomic E-state index is -4.37. The van der Waals surface area contributed by atoms with Crippen LogP contribution in [0.25, 0.3) is 11.1 Å². The lowest BCUT2D eigenvalue weighted by atomic mass is 10.1. The van der Waals surface area contributed by atoms with Crippen molar-refractivity contribution in [2.75, 3.05) is 0 Å². The number of rotatable bonds is 1. The molecule has 18 heavy (non-hydrogen) atoms. The zero-order valence-electron chi connectivity index (χ0n) is 8.88. The predicted octanol–water partition coefficient (Wildman–Crippen LogP) is 3.71. The third-order valence-corrected chi connectivity index (χ3v) is 2.56. The van der Waals surface area contributed by atoms with Gasteiger partial charge in [-0.15, -0.1) is 0 Å². The average Bonchev–Trinajstić information content (AvgIpc) is 2.27. The summed E-state index contributed by atoms with van der Waals surface area (Å²) in [7, 11) is 0. The Kier molecular flexibility index (Phi) is 3.17. The fraction of sp³-hybridized carbons (Fsp3) is 0.0833. The van der Waals surface area contributed by atoms with E-state index < -0.39 is 17.3 Å². The number of aromatic amines is 1. The first-order valence-corrected chi connectivity index (χ1v) is 5.31. The average molecular weight is 274 g/mol. The molecular weight excluding hydrogens is 267 g/mol. The van der Waals surface area contributed by atoms with Crippen LogP contribution in [0.5, 0.6) is 0 Å². The minimum Gasteiger partial charge on any atom is -0.313 e. The van der Waals surface area contributed by atoms with Crippen molar-refractivity contribution in [3.63, 3.8) is 0 Å². The number of alkyl halides is 3. The van der Waals surface area contributed by atoms with Gasteiger partial charge in [-0.3, -0.25) is 4.79 Å². The van der Waals surface area contributed by atoms with Crippen LogP contribution in [0, 0.1) is 0 Å². The number of halogens is 4. The molecule has 0 spiro atoms. The molecule has 0 aliphatic rings. The van der Waals surface area contributed by atoms with Crippen LogP contribution >= 0.6 is 11.6 Å². The first kappa shape index (κ1) is 12.7. The van der Waals surface area contributed by atoms with Gasteiger partial charge in [0, 0.05) is 6.07 Å². The molecule has 0 amide bonds. The lowest BCUT2D eigenvalue weighted by Gasteiger charge is -2.07. The molecule has 0 fully saturated rings. The van der Waals surface area contributed by atoms with Gasteiger partial charge in [0.2, 0.25) is 5.56 Å². The zero-order valence-corrected chi connectivity index (χ0v) is 9.64. The first-order valence-electron chi connectivity index (χ1n) is 4.94. The molecule has 6 heteroatoms. The molecule has 0 atom stereocenters. The summed E-state index contributed by atoms with van der Waals surface area (Å²) in [4.78, 5) is 13.5. The second-order valence-corrected chi connectivity index (χ2v) is 4.06. The van der Waals surface area contributed by atoms with Gasteiger partial charge in [-0.05, 0) is 29.3 Å². The number of hydrogen-bond donors (Lipinski definition) is 1. The molecule has 0 aliphatic heterocycles. The van der Waals surface area contributed by atoms with Gasteiger partial charge >= 0.3 is 6.18 Å². The van der Waals surface area contributed by atoms with E-state index in [1.165, 1.54) is 24.3 Å². The summed E-state index contributed by atoms with van der Waals surface area (Å²) in [5.74, 6) is 0. The fourth-order valence-electron chi connectivity index (χ4n) is 1.53. The number of nitrogens with one attached hydrogen (secondary N) is 1. The van der Waals surface area contributed by atoms with E-state index in [1.54, 1.807) is 0 Å². The van der Waals surface area contributed by atoms with Crippen molar-refractivity contribution in [1.29, 1.82) is 0 Å². The van der Waals surface area contributed by atoms with Crippen LogP contribution < -0.4 is 5.56 Å². The standard InChI is InChI=1S/C12H7ClF3NO/c13-10-5-8(6-11(18)17-10)7-1-3-9(4-2-7)12(14,15)16/h1-6H,(H,17,18). The van der Waals surface area contributed by atoms with E-state index in [2.05, 4.69) is 4.98 Å². The summed E-state index contributed by atoms with van der Waals surface area (Å²) in [6.45, 7) is 0. The highest BCUT2D eigenvalue weighted by Gasteiger charge is 2.29. The molecule has 1 heterocycles. The molecule has 1 aromatic carbocycles. The maximum atomic E-state index is 12.4. The van der Waals surface area contributed by atoms with Gasteiger partial charge in [-0.2, -0.15) is 13.2 Å². The molecule has 0 saturated heterocycles. The first-order chi connectivity index (χ1) is 8.36. The van der Waals surface area contributed by atoms with Crippen LogP contribution in [-0.4, -0.2) is 4.98 Å². The Labute approximate surface area is 105 Å². The van der Waals surface area contributed by atoms with Crippen LogP contribution in [0.3, 0.4) is 0 Å². The highest BCUT2D eigenvalue weighted by atomic mass is 35.5. The molecule has 0 saturated carbocycles. The van der Waals surface area contributed by atoms with Gasteiger partial charge in [0.05, 0.1) is 5.56 Å². The number of aromatic nitrogens is 1. The van der Waals surface area contributed by atoms with E-state index >= 15 is 0 Å². The molecule has 94 valence electrons. The van der Waals surface area contributed by atoms with Gasteiger partial charge in [0.15, 0.2) is 0 Å². The minimum absolute atomic E-state index is 0.136.